The van der Waals surface area contributed by atoms with Crippen LogP contribution in [0.4, 0.5) is 4.79 Å². The average Bonchev–Trinajstić information content (AvgIpc) is 3.53. The van der Waals surface area contributed by atoms with E-state index < -0.39 is 6.03 Å². The zero-order valence-corrected chi connectivity index (χ0v) is 17.5. The molecule has 0 atom stereocenters. The van der Waals surface area contributed by atoms with Gasteiger partial charge in [-0.05, 0) is 32.6 Å². The Morgan fingerprint density at radius 2 is 1.67 bits per heavy atom. The van der Waals surface area contributed by atoms with E-state index >= 15 is 0 Å². The number of nitrogens with two attached hydrogens (primary N) is 1. The highest BCUT2D eigenvalue weighted by Crippen LogP contribution is 2.34. The molecular weight excluding hydrogens is 386 g/mol. The van der Waals surface area contributed by atoms with E-state index in [1.54, 1.807) is 4.90 Å². The predicted molar refractivity (Wildman–Crippen MR) is 110 cm³/mol. The highest BCUT2D eigenvalue weighted by Gasteiger charge is 2.32. The van der Waals surface area contributed by atoms with Crippen molar-refractivity contribution in [1.29, 1.82) is 0 Å². The molecule has 0 aromatic carbocycles. The van der Waals surface area contributed by atoms with Crippen LogP contribution in [-0.4, -0.2) is 94.2 Å². The average molecular weight is 418 g/mol. The first kappa shape index (κ1) is 20.6. The zero-order valence-electron chi connectivity index (χ0n) is 17.5. The minimum absolute atomic E-state index is 0.0490. The standard InChI is InChI=1S/C20H31N7O3/c1-14-17(13-27(23-14)16-2-3-16)19(29)26-6-4-15(5-7-26)24-8-10-25(11-9-24)18(28)12-22-20(21)30/h13,15-16H,2-12H2,1H3,(H3,21,22,30). The molecular formula is C20H31N7O3. The van der Waals surface area contributed by atoms with Gasteiger partial charge in [-0.15, -0.1) is 0 Å². The summed E-state index contributed by atoms with van der Waals surface area (Å²) in [6.07, 6.45) is 6.11. The minimum Gasteiger partial charge on any atom is -0.352 e. The summed E-state index contributed by atoms with van der Waals surface area (Å²) < 4.78 is 1.95. The number of nitrogens with zero attached hydrogens (tertiary/aromatic N) is 5. The summed E-state index contributed by atoms with van der Waals surface area (Å²) in [6.45, 7) is 6.29. The van der Waals surface area contributed by atoms with Gasteiger partial charge in [-0.25, -0.2) is 4.79 Å². The van der Waals surface area contributed by atoms with Crippen molar-refractivity contribution in [3.63, 3.8) is 0 Å². The van der Waals surface area contributed by atoms with Crippen molar-refractivity contribution >= 4 is 17.8 Å². The van der Waals surface area contributed by atoms with Crippen molar-refractivity contribution in [2.24, 2.45) is 5.73 Å². The fraction of sp³-hybridized carbons (Fsp3) is 0.700. The molecule has 0 radical (unpaired) electrons. The number of aromatic nitrogens is 2. The summed E-state index contributed by atoms with van der Waals surface area (Å²) in [7, 11) is 0. The van der Waals surface area contributed by atoms with E-state index in [1.807, 2.05) is 22.7 Å². The van der Waals surface area contributed by atoms with Crippen molar-refractivity contribution in [3.05, 3.63) is 17.5 Å². The molecule has 1 aromatic heterocycles. The molecule has 30 heavy (non-hydrogen) atoms. The lowest BCUT2D eigenvalue weighted by molar-refractivity contribution is -0.132. The highest BCUT2D eigenvalue weighted by atomic mass is 16.2. The summed E-state index contributed by atoms with van der Waals surface area (Å²) in [5.74, 6) is -0.00815. The van der Waals surface area contributed by atoms with E-state index in [-0.39, 0.29) is 18.4 Å². The maximum absolute atomic E-state index is 13.0. The molecule has 3 fully saturated rings. The molecule has 10 nitrogen and oxygen atoms in total. The normalized spacial score (nSPS) is 21.0. The lowest BCUT2D eigenvalue weighted by Crippen LogP contribution is -2.56. The lowest BCUT2D eigenvalue weighted by Gasteiger charge is -2.42. The summed E-state index contributed by atoms with van der Waals surface area (Å²) in [5, 5.41) is 6.87. The Bertz CT molecular complexity index is 803. The van der Waals surface area contributed by atoms with Crippen LogP contribution in [0.15, 0.2) is 6.20 Å². The molecule has 0 unspecified atom stereocenters. The van der Waals surface area contributed by atoms with Crippen LogP contribution in [0.3, 0.4) is 0 Å². The number of urea groups is 1. The van der Waals surface area contributed by atoms with E-state index in [1.165, 1.54) is 0 Å². The maximum atomic E-state index is 13.0. The molecule has 10 heteroatoms. The number of rotatable bonds is 5. The quantitative estimate of drug-likeness (QED) is 0.696. The van der Waals surface area contributed by atoms with Crippen LogP contribution < -0.4 is 11.1 Å². The third kappa shape index (κ3) is 4.58. The molecule has 1 aliphatic carbocycles. The van der Waals surface area contributed by atoms with E-state index in [2.05, 4.69) is 15.3 Å². The van der Waals surface area contributed by atoms with E-state index in [9.17, 15) is 14.4 Å². The van der Waals surface area contributed by atoms with Crippen LogP contribution in [-0.2, 0) is 4.79 Å². The second kappa shape index (κ2) is 8.63. The van der Waals surface area contributed by atoms with Crippen LogP contribution in [0.2, 0.25) is 0 Å². The first-order valence-corrected chi connectivity index (χ1v) is 10.8. The number of aryl methyl sites for hydroxylation is 1. The van der Waals surface area contributed by atoms with Crippen molar-refractivity contribution in [2.45, 2.75) is 44.7 Å². The molecule has 0 spiro atoms. The van der Waals surface area contributed by atoms with Gasteiger partial charge in [0.25, 0.3) is 5.91 Å². The van der Waals surface area contributed by atoms with Gasteiger partial charge in [0.15, 0.2) is 0 Å². The van der Waals surface area contributed by atoms with Crippen LogP contribution in [0, 0.1) is 6.92 Å². The molecule has 3 aliphatic rings. The van der Waals surface area contributed by atoms with Crippen LogP contribution in [0.25, 0.3) is 0 Å². The smallest absolute Gasteiger partial charge is 0.312 e. The van der Waals surface area contributed by atoms with Crippen molar-refractivity contribution < 1.29 is 14.4 Å². The second-order valence-electron chi connectivity index (χ2n) is 8.50. The molecule has 2 saturated heterocycles. The summed E-state index contributed by atoms with van der Waals surface area (Å²) in [5.41, 5.74) is 6.58. The van der Waals surface area contributed by atoms with Gasteiger partial charge in [-0.2, -0.15) is 5.10 Å². The monoisotopic (exact) mass is 417 g/mol. The number of carbonyl (C=O) groups excluding carboxylic acids is 3. The third-order valence-electron chi connectivity index (χ3n) is 6.42. The molecule has 4 amide bonds. The van der Waals surface area contributed by atoms with Crippen LogP contribution in [0.5, 0.6) is 0 Å². The van der Waals surface area contributed by atoms with E-state index in [0.717, 1.165) is 63.1 Å². The fourth-order valence-corrected chi connectivity index (χ4v) is 4.43. The molecule has 3 N–H and O–H groups in total. The Morgan fingerprint density at radius 3 is 2.27 bits per heavy atom. The Kier molecular flexibility index (Phi) is 5.94. The van der Waals surface area contributed by atoms with Crippen molar-refractivity contribution in [1.82, 2.24) is 29.8 Å². The fourth-order valence-electron chi connectivity index (χ4n) is 4.43. The molecule has 164 valence electrons. The first-order chi connectivity index (χ1) is 14.4. The Balaban J connectivity index is 1.24. The number of piperazine rings is 1. The number of piperidine rings is 1. The Hall–Kier alpha value is -2.62. The molecule has 1 saturated carbocycles. The van der Waals surface area contributed by atoms with Crippen LogP contribution >= 0.6 is 0 Å². The first-order valence-electron chi connectivity index (χ1n) is 10.8. The third-order valence-corrected chi connectivity index (χ3v) is 6.42. The summed E-state index contributed by atoms with van der Waals surface area (Å²) in [6, 6.07) is 0.233. The van der Waals surface area contributed by atoms with Crippen LogP contribution in [0.1, 0.15) is 47.8 Å². The van der Waals surface area contributed by atoms with Crippen molar-refractivity contribution in [2.75, 3.05) is 45.8 Å². The van der Waals surface area contributed by atoms with Gasteiger partial charge in [0.2, 0.25) is 5.91 Å². The number of primary amides is 1. The second-order valence-corrected chi connectivity index (χ2v) is 8.50. The topological polar surface area (TPSA) is 117 Å². The molecule has 2 aliphatic heterocycles. The Labute approximate surface area is 176 Å². The minimum atomic E-state index is -0.682. The van der Waals surface area contributed by atoms with Crippen molar-refractivity contribution in [3.8, 4) is 0 Å². The molecule has 0 bridgehead atoms. The van der Waals surface area contributed by atoms with Gasteiger partial charge in [-0.3, -0.25) is 19.2 Å². The number of likely N-dealkylation sites (tertiary alicyclic amines) is 1. The summed E-state index contributed by atoms with van der Waals surface area (Å²) >= 11 is 0. The highest BCUT2D eigenvalue weighted by molar-refractivity contribution is 5.95. The maximum Gasteiger partial charge on any atom is 0.312 e. The molecule has 1 aromatic rings. The van der Waals surface area contributed by atoms with Gasteiger partial charge in [0.1, 0.15) is 0 Å². The lowest BCUT2D eigenvalue weighted by atomic mass is 10.0. The van der Waals surface area contributed by atoms with Gasteiger partial charge in [0, 0.05) is 51.5 Å². The van der Waals surface area contributed by atoms with Gasteiger partial charge in [-0.1, -0.05) is 0 Å². The molecule has 4 rings (SSSR count). The van der Waals surface area contributed by atoms with E-state index in [4.69, 9.17) is 5.73 Å². The Morgan fingerprint density at radius 1 is 1.00 bits per heavy atom. The van der Waals surface area contributed by atoms with Gasteiger partial charge in [0.05, 0.1) is 23.8 Å². The SMILES string of the molecule is Cc1nn(C2CC2)cc1C(=O)N1CCC(N2CCN(C(=O)CNC(N)=O)CC2)CC1. The predicted octanol–water partition coefficient (Wildman–Crippen LogP) is -0.0565. The largest absolute Gasteiger partial charge is 0.352 e. The number of nitrogens with one attached hydrogen (secondary N) is 1. The molecule has 3 heterocycles. The zero-order chi connectivity index (χ0) is 21.3. The summed E-state index contributed by atoms with van der Waals surface area (Å²) in [4.78, 5) is 42.0. The number of carbonyl (C=O) groups is 3. The van der Waals surface area contributed by atoms with Gasteiger partial charge < -0.3 is 20.9 Å². The number of hydrogen-bond acceptors (Lipinski definition) is 5. The number of hydrogen-bond donors (Lipinski definition) is 2. The van der Waals surface area contributed by atoms with E-state index in [0.29, 0.717) is 25.2 Å². The number of amides is 4. The van der Waals surface area contributed by atoms with Gasteiger partial charge >= 0.3 is 6.03 Å².